The van der Waals surface area contributed by atoms with Crippen molar-refractivity contribution in [1.29, 1.82) is 0 Å². The maximum Gasteiger partial charge on any atom is 0.303 e. The molecule has 5 nitrogen and oxygen atoms in total. The lowest BCUT2D eigenvalue weighted by Crippen LogP contribution is -2.47. The van der Waals surface area contributed by atoms with Crippen molar-refractivity contribution in [3.05, 3.63) is 23.3 Å². The molecule has 0 heterocycles. The monoisotopic (exact) mass is 500 g/mol. The van der Waals surface area contributed by atoms with Crippen molar-refractivity contribution >= 4 is 11.9 Å². The van der Waals surface area contributed by atoms with Crippen molar-refractivity contribution in [2.45, 2.75) is 124 Å². The summed E-state index contributed by atoms with van der Waals surface area (Å²) >= 11 is 0. The van der Waals surface area contributed by atoms with Crippen LogP contribution in [0.2, 0.25) is 0 Å². The molecule has 202 valence electrons. The van der Waals surface area contributed by atoms with Gasteiger partial charge in [0, 0.05) is 20.3 Å². The number of hydrogen-bond acceptors (Lipinski definition) is 5. The number of carbonyl (C=O) groups excluding carboxylic acids is 2. The SMILES string of the molecule is CC(=O)O[C@H]1CC[C@@]2(C)C(=CC=C3[C@@H]4CC[C@H]([C@H](C)CC[C@H](OC(C)=O)C(C)(C)O)[C@@]4(C)CC[C@@H]32)C1. The molecular weight excluding hydrogens is 452 g/mol. The smallest absolute Gasteiger partial charge is 0.303 e. The van der Waals surface area contributed by atoms with E-state index in [-0.39, 0.29) is 23.5 Å². The average molecular weight is 501 g/mol. The van der Waals surface area contributed by atoms with Crippen LogP contribution in [0.25, 0.3) is 0 Å². The minimum absolute atomic E-state index is 0.0297. The standard InChI is InChI=1S/C31H48O5/c1-19(8-13-28(29(4,5)34)36-21(3)33)25-11-12-26-24-10-9-22-18-23(35-20(2)32)14-16-30(22,6)27(24)15-17-31(25,26)7/h9-10,19,23,25-28,34H,8,11-18H2,1-7H3/t19-,23+,25-,26+,27+,28+,30+,31-/m1/s1. The van der Waals surface area contributed by atoms with E-state index in [2.05, 4.69) is 32.9 Å². The largest absolute Gasteiger partial charge is 0.462 e. The van der Waals surface area contributed by atoms with Crippen LogP contribution in [0.1, 0.15) is 106 Å². The molecule has 0 aromatic rings. The van der Waals surface area contributed by atoms with Crippen LogP contribution < -0.4 is 0 Å². The normalized spacial score (nSPS) is 37.4. The number of allylic oxidation sites excluding steroid dienone is 3. The van der Waals surface area contributed by atoms with Crippen molar-refractivity contribution < 1.29 is 24.2 Å². The van der Waals surface area contributed by atoms with E-state index >= 15 is 0 Å². The van der Waals surface area contributed by atoms with Gasteiger partial charge in [0.15, 0.2) is 0 Å². The fourth-order valence-corrected chi connectivity index (χ4v) is 8.65. The average Bonchev–Trinajstić information content (AvgIpc) is 3.12. The van der Waals surface area contributed by atoms with Gasteiger partial charge in [-0.1, -0.05) is 44.1 Å². The molecule has 1 N–H and O–H groups in total. The highest BCUT2D eigenvalue weighted by Gasteiger charge is 2.57. The molecule has 0 spiro atoms. The fraction of sp³-hybridized carbons (Fsp3) is 0.806. The molecule has 4 aliphatic carbocycles. The Morgan fingerprint density at radius 1 is 1.03 bits per heavy atom. The lowest BCUT2D eigenvalue weighted by atomic mass is 9.50. The van der Waals surface area contributed by atoms with Crippen LogP contribution in [-0.4, -0.2) is 34.9 Å². The van der Waals surface area contributed by atoms with Crippen LogP contribution in [0.4, 0.5) is 0 Å². The molecule has 0 aliphatic heterocycles. The third-order valence-corrected chi connectivity index (χ3v) is 10.6. The third kappa shape index (κ3) is 5.06. The zero-order valence-corrected chi connectivity index (χ0v) is 23.6. The Hall–Kier alpha value is -1.62. The van der Waals surface area contributed by atoms with E-state index < -0.39 is 11.7 Å². The number of aliphatic hydroxyl groups is 1. The minimum atomic E-state index is -1.04. The number of fused-ring (bicyclic) bond motifs is 5. The van der Waals surface area contributed by atoms with Gasteiger partial charge < -0.3 is 14.6 Å². The molecule has 0 aromatic carbocycles. The summed E-state index contributed by atoms with van der Waals surface area (Å²) in [5.41, 5.74) is 2.60. The summed E-state index contributed by atoms with van der Waals surface area (Å²) in [6, 6.07) is 0. The van der Waals surface area contributed by atoms with Gasteiger partial charge in [0.25, 0.3) is 0 Å². The Balaban J connectivity index is 1.48. The number of ether oxygens (including phenoxy) is 2. The number of esters is 2. The summed E-state index contributed by atoms with van der Waals surface area (Å²) in [6.07, 6.45) is 13.9. The van der Waals surface area contributed by atoms with Gasteiger partial charge in [-0.15, -0.1) is 0 Å². The Morgan fingerprint density at radius 3 is 2.39 bits per heavy atom. The van der Waals surface area contributed by atoms with E-state index in [4.69, 9.17) is 9.47 Å². The zero-order chi connectivity index (χ0) is 26.5. The molecule has 36 heavy (non-hydrogen) atoms. The second-order valence-corrected chi connectivity index (χ2v) is 13.4. The first-order valence-electron chi connectivity index (χ1n) is 14.2. The van der Waals surface area contributed by atoms with Gasteiger partial charge in [0.2, 0.25) is 0 Å². The van der Waals surface area contributed by atoms with E-state index in [9.17, 15) is 14.7 Å². The quantitative estimate of drug-likeness (QED) is 0.402. The first kappa shape index (κ1) is 27.4. The lowest BCUT2D eigenvalue weighted by Gasteiger charge is -2.55. The van der Waals surface area contributed by atoms with Crippen molar-refractivity contribution in [2.24, 2.45) is 34.5 Å². The predicted octanol–water partition coefficient (Wildman–Crippen LogP) is 6.54. The highest BCUT2D eigenvalue weighted by Crippen LogP contribution is 2.66. The maximum absolute atomic E-state index is 11.6. The highest BCUT2D eigenvalue weighted by atomic mass is 16.6. The van der Waals surface area contributed by atoms with Crippen molar-refractivity contribution in [3.63, 3.8) is 0 Å². The van der Waals surface area contributed by atoms with Gasteiger partial charge in [-0.2, -0.15) is 0 Å². The second-order valence-electron chi connectivity index (χ2n) is 13.4. The molecule has 0 unspecified atom stereocenters. The Bertz CT molecular complexity index is 926. The van der Waals surface area contributed by atoms with E-state index in [0.717, 1.165) is 25.7 Å². The van der Waals surface area contributed by atoms with Gasteiger partial charge in [0.05, 0.1) is 5.60 Å². The van der Waals surface area contributed by atoms with E-state index in [1.165, 1.54) is 45.1 Å². The predicted molar refractivity (Wildman–Crippen MR) is 141 cm³/mol. The molecule has 0 aromatic heterocycles. The highest BCUT2D eigenvalue weighted by molar-refractivity contribution is 5.66. The van der Waals surface area contributed by atoms with E-state index in [1.54, 1.807) is 19.4 Å². The van der Waals surface area contributed by atoms with Crippen molar-refractivity contribution in [2.75, 3.05) is 0 Å². The zero-order valence-electron chi connectivity index (χ0n) is 23.6. The second kappa shape index (κ2) is 9.93. The molecule has 4 aliphatic rings. The lowest BCUT2D eigenvalue weighted by molar-refractivity contribution is -0.160. The van der Waals surface area contributed by atoms with Crippen LogP contribution in [0.5, 0.6) is 0 Å². The van der Waals surface area contributed by atoms with Gasteiger partial charge in [0.1, 0.15) is 12.2 Å². The molecule has 8 atom stereocenters. The van der Waals surface area contributed by atoms with Crippen LogP contribution in [0.3, 0.4) is 0 Å². The molecule has 4 rings (SSSR count). The number of rotatable bonds is 7. The van der Waals surface area contributed by atoms with Crippen molar-refractivity contribution in [1.82, 2.24) is 0 Å². The van der Waals surface area contributed by atoms with Gasteiger partial charge in [-0.05, 0) is 99.7 Å². The van der Waals surface area contributed by atoms with Gasteiger partial charge in [-0.3, -0.25) is 9.59 Å². The fourth-order valence-electron chi connectivity index (χ4n) is 8.65. The summed E-state index contributed by atoms with van der Waals surface area (Å²) in [5, 5.41) is 10.5. The molecule has 3 fully saturated rings. The molecule has 0 amide bonds. The molecular formula is C31H48O5. The maximum atomic E-state index is 11.6. The summed E-state index contributed by atoms with van der Waals surface area (Å²) in [7, 11) is 0. The van der Waals surface area contributed by atoms with E-state index in [0.29, 0.717) is 35.5 Å². The Labute approximate surface area is 218 Å². The molecule has 5 heteroatoms. The molecule has 0 bridgehead atoms. The summed E-state index contributed by atoms with van der Waals surface area (Å²) in [6.45, 7) is 13.8. The number of hydrogen-bond donors (Lipinski definition) is 1. The van der Waals surface area contributed by atoms with Crippen LogP contribution in [0, 0.1) is 34.5 Å². The van der Waals surface area contributed by atoms with Gasteiger partial charge in [-0.25, -0.2) is 0 Å². The molecule has 0 saturated heterocycles. The van der Waals surface area contributed by atoms with Crippen molar-refractivity contribution in [3.8, 4) is 0 Å². The Kier molecular flexibility index (Phi) is 7.56. The van der Waals surface area contributed by atoms with Crippen LogP contribution in [-0.2, 0) is 19.1 Å². The molecule has 0 radical (unpaired) electrons. The topological polar surface area (TPSA) is 72.8 Å². The third-order valence-electron chi connectivity index (χ3n) is 10.6. The Morgan fingerprint density at radius 2 is 1.75 bits per heavy atom. The summed E-state index contributed by atoms with van der Waals surface area (Å²) in [4.78, 5) is 23.1. The van der Waals surface area contributed by atoms with Crippen LogP contribution in [0.15, 0.2) is 23.3 Å². The first-order chi connectivity index (χ1) is 16.8. The summed E-state index contributed by atoms with van der Waals surface area (Å²) in [5.74, 6) is 1.89. The van der Waals surface area contributed by atoms with Gasteiger partial charge >= 0.3 is 11.9 Å². The number of carbonyl (C=O) groups is 2. The van der Waals surface area contributed by atoms with E-state index in [1.807, 2.05) is 0 Å². The molecule has 3 saturated carbocycles. The first-order valence-corrected chi connectivity index (χ1v) is 14.2. The van der Waals surface area contributed by atoms with Crippen LogP contribution >= 0.6 is 0 Å². The summed E-state index contributed by atoms with van der Waals surface area (Å²) < 4.78 is 11.1. The minimum Gasteiger partial charge on any atom is -0.462 e.